The Kier molecular flexibility index (Phi) is 4.53. The van der Waals surface area contributed by atoms with Gasteiger partial charge in [-0.25, -0.2) is 4.98 Å². The van der Waals surface area contributed by atoms with Gasteiger partial charge >= 0.3 is 0 Å². The Hall–Kier alpha value is -3.22. The Morgan fingerprint density at radius 3 is 2.47 bits per heavy atom. The number of carbonyl (C=O) groups is 2. The number of nitrogens with one attached hydrogen (secondary N) is 1. The smallest absolute Gasteiger partial charge is 0.256 e. The second-order valence-corrected chi connectivity index (χ2v) is 8.31. The molecule has 1 saturated heterocycles. The molecule has 2 aliphatic rings. The Morgan fingerprint density at radius 2 is 1.80 bits per heavy atom. The quantitative estimate of drug-likeness (QED) is 0.721. The van der Waals surface area contributed by atoms with Crippen molar-refractivity contribution < 1.29 is 9.59 Å². The zero-order valence-corrected chi connectivity index (χ0v) is 17.3. The minimum absolute atomic E-state index is 0.0567. The Morgan fingerprint density at radius 1 is 1.10 bits per heavy atom. The fourth-order valence-electron chi connectivity index (χ4n) is 4.23. The van der Waals surface area contributed by atoms with E-state index in [1.807, 2.05) is 24.9 Å². The minimum atomic E-state index is -0.181. The lowest BCUT2D eigenvalue weighted by Crippen LogP contribution is -2.27. The lowest BCUT2D eigenvalue weighted by Gasteiger charge is -2.15. The van der Waals surface area contributed by atoms with E-state index >= 15 is 0 Å². The summed E-state index contributed by atoms with van der Waals surface area (Å²) in [5.74, 6) is 0.312. The number of hydrogen-bond donors (Lipinski definition) is 1. The molecule has 1 aliphatic heterocycles. The van der Waals surface area contributed by atoms with Crippen molar-refractivity contribution in [2.45, 2.75) is 38.5 Å². The highest BCUT2D eigenvalue weighted by atomic mass is 16.2. The molecule has 1 saturated carbocycles. The number of aryl methyl sites for hydroxylation is 2. The first-order valence-electron chi connectivity index (χ1n) is 10.6. The van der Waals surface area contributed by atoms with E-state index < -0.39 is 0 Å². The number of anilines is 1. The van der Waals surface area contributed by atoms with E-state index in [1.54, 1.807) is 28.9 Å². The second kappa shape index (κ2) is 7.23. The molecule has 2 amide bonds. The summed E-state index contributed by atoms with van der Waals surface area (Å²) in [7, 11) is 1.86. The molecule has 7 nitrogen and oxygen atoms in total. The van der Waals surface area contributed by atoms with Gasteiger partial charge < -0.3 is 10.2 Å². The Balaban J connectivity index is 1.41. The van der Waals surface area contributed by atoms with Crippen LogP contribution in [-0.4, -0.2) is 44.6 Å². The molecule has 1 N–H and O–H groups in total. The van der Waals surface area contributed by atoms with Gasteiger partial charge in [0, 0.05) is 43.0 Å². The number of pyridine rings is 1. The number of carbonyl (C=O) groups excluding carboxylic acids is 2. The monoisotopic (exact) mass is 403 g/mol. The third-order valence-electron chi connectivity index (χ3n) is 6.01. The van der Waals surface area contributed by atoms with Crippen LogP contribution in [0.25, 0.3) is 11.0 Å². The fraction of sp³-hybridized carbons (Fsp3) is 0.391. The highest BCUT2D eigenvalue weighted by molar-refractivity contribution is 6.12. The van der Waals surface area contributed by atoms with Crippen molar-refractivity contribution >= 4 is 28.5 Å². The Labute approximate surface area is 175 Å². The summed E-state index contributed by atoms with van der Waals surface area (Å²) < 4.78 is 1.74. The lowest BCUT2D eigenvalue weighted by atomic mass is 10.1. The van der Waals surface area contributed by atoms with Crippen LogP contribution >= 0.6 is 0 Å². The van der Waals surface area contributed by atoms with Gasteiger partial charge in [0.1, 0.15) is 0 Å². The van der Waals surface area contributed by atoms with Crippen LogP contribution in [0.5, 0.6) is 0 Å². The van der Waals surface area contributed by atoms with Crippen LogP contribution in [0.3, 0.4) is 0 Å². The number of benzene rings is 1. The standard InChI is InChI=1S/C23H25N5O2/c1-14-20-18(13-19(15-5-6-15)25-21(20)27(2)26-14)22(29)24-17-9-7-16(8-10-17)23(30)28-11-3-4-12-28/h7-10,13,15H,3-6,11-12H2,1-2H3,(H,24,29). The van der Waals surface area contributed by atoms with Crippen molar-refractivity contribution in [2.24, 2.45) is 7.05 Å². The first-order chi connectivity index (χ1) is 14.5. The molecule has 3 aromatic rings. The van der Waals surface area contributed by atoms with Gasteiger partial charge in [0.25, 0.3) is 11.8 Å². The Bertz CT molecular complexity index is 1140. The molecular weight excluding hydrogens is 378 g/mol. The first kappa shape index (κ1) is 18.8. The van der Waals surface area contributed by atoms with Crippen molar-refractivity contribution in [3.63, 3.8) is 0 Å². The number of amides is 2. The molecule has 3 heterocycles. The normalized spacial score (nSPS) is 16.3. The van der Waals surface area contributed by atoms with Gasteiger partial charge in [-0.1, -0.05) is 0 Å². The largest absolute Gasteiger partial charge is 0.339 e. The number of nitrogens with zero attached hydrogens (tertiary/aromatic N) is 4. The molecule has 0 spiro atoms. The number of fused-ring (bicyclic) bond motifs is 1. The van der Waals surface area contributed by atoms with E-state index in [9.17, 15) is 9.59 Å². The summed E-state index contributed by atoms with van der Waals surface area (Å²) in [5.41, 5.74) is 4.41. The molecule has 0 bridgehead atoms. The molecular formula is C23H25N5O2. The summed E-state index contributed by atoms with van der Waals surface area (Å²) in [6.45, 7) is 3.54. The predicted octanol–water partition coefficient (Wildman–Crippen LogP) is 3.64. The minimum Gasteiger partial charge on any atom is -0.339 e. The van der Waals surface area contributed by atoms with E-state index in [-0.39, 0.29) is 11.8 Å². The highest BCUT2D eigenvalue weighted by Gasteiger charge is 2.28. The molecule has 1 aromatic carbocycles. The van der Waals surface area contributed by atoms with E-state index in [2.05, 4.69) is 10.4 Å². The lowest BCUT2D eigenvalue weighted by molar-refractivity contribution is 0.0792. The molecule has 154 valence electrons. The SMILES string of the molecule is Cc1nn(C)c2nc(C3CC3)cc(C(=O)Nc3ccc(C(=O)N4CCCC4)cc3)c12. The molecule has 2 fully saturated rings. The third-order valence-corrected chi connectivity index (χ3v) is 6.01. The fourth-order valence-corrected chi connectivity index (χ4v) is 4.23. The maximum absolute atomic E-state index is 13.2. The molecule has 5 rings (SSSR count). The zero-order valence-electron chi connectivity index (χ0n) is 17.3. The molecule has 0 radical (unpaired) electrons. The number of hydrogen-bond acceptors (Lipinski definition) is 4. The van der Waals surface area contributed by atoms with Crippen molar-refractivity contribution in [3.05, 3.63) is 52.8 Å². The topological polar surface area (TPSA) is 80.1 Å². The molecule has 1 aliphatic carbocycles. The summed E-state index contributed by atoms with van der Waals surface area (Å²) in [6, 6.07) is 9.05. The van der Waals surface area contributed by atoms with Crippen LogP contribution in [-0.2, 0) is 7.05 Å². The highest BCUT2D eigenvalue weighted by Crippen LogP contribution is 2.40. The van der Waals surface area contributed by atoms with E-state index in [1.165, 1.54) is 0 Å². The number of aromatic nitrogens is 3. The third kappa shape index (κ3) is 3.34. The average Bonchev–Trinajstić information content (AvgIpc) is 3.37. The van der Waals surface area contributed by atoms with Gasteiger partial charge in [0.2, 0.25) is 0 Å². The second-order valence-electron chi connectivity index (χ2n) is 8.31. The molecule has 30 heavy (non-hydrogen) atoms. The van der Waals surface area contributed by atoms with Gasteiger partial charge in [-0.2, -0.15) is 5.10 Å². The van der Waals surface area contributed by atoms with Gasteiger partial charge in [0.05, 0.1) is 16.6 Å². The van der Waals surface area contributed by atoms with Gasteiger partial charge in [-0.15, -0.1) is 0 Å². The summed E-state index contributed by atoms with van der Waals surface area (Å²) in [4.78, 5) is 32.3. The maximum atomic E-state index is 13.2. The first-order valence-corrected chi connectivity index (χ1v) is 10.6. The summed E-state index contributed by atoms with van der Waals surface area (Å²) >= 11 is 0. The van der Waals surface area contributed by atoms with Crippen LogP contribution < -0.4 is 5.32 Å². The van der Waals surface area contributed by atoms with Crippen molar-refractivity contribution in [1.29, 1.82) is 0 Å². The van der Waals surface area contributed by atoms with Crippen molar-refractivity contribution in [2.75, 3.05) is 18.4 Å². The van der Waals surface area contributed by atoms with Crippen LogP contribution in [0.4, 0.5) is 5.69 Å². The van der Waals surface area contributed by atoms with E-state index in [0.717, 1.165) is 61.2 Å². The maximum Gasteiger partial charge on any atom is 0.256 e. The molecule has 7 heteroatoms. The summed E-state index contributed by atoms with van der Waals surface area (Å²) in [6.07, 6.45) is 4.36. The number of likely N-dealkylation sites (tertiary alicyclic amines) is 1. The molecule has 0 unspecified atom stereocenters. The average molecular weight is 403 g/mol. The van der Waals surface area contributed by atoms with Gasteiger partial charge in [0.15, 0.2) is 5.65 Å². The van der Waals surface area contributed by atoms with Crippen LogP contribution in [0.1, 0.15) is 63.7 Å². The molecule has 0 atom stereocenters. The van der Waals surface area contributed by atoms with Gasteiger partial charge in [-0.05, 0) is 62.9 Å². The van der Waals surface area contributed by atoms with Crippen LogP contribution in [0.2, 0.25) is 0 Å². The zero-order chi connectivity index (χ0) is 20.8. The summed E-state index contributed by atoms with van der Waals surface area (Å²) in [5, 5.41) is 8.23. The number of rotatable bonds is 4. The van der Waals surface area contributed by atoms with Gasteiger partial charge in [-0.3, -0.25) is 14.3 Å². The van der Waals surface area contributed by atoms with E-state index in [4.69, 9.17) is 4.98 Å². The molecule has 2 aromatic heterocycles. The van der Waals surface area contributed by atoms with Crippen molar-refractivity contribution in [3.8, 4) is 0 Å². The van der Waals surface area contributed by atoms with Crippen LogP contribution in [0, 0.1) is 6.92 Å². The van der Waals surface area contributed by atoms with E-state index in [0.29, 0.717) is 22.7 Å². The predicted molar refractivity (Wildman–Crippen MR) is 115 cm³/mol. The van der Waals surface area contributed by atoms with Crippen LogP contribution in [0.15, 0.2) is 30.3 Å². The van der Waals surface area contributed by atoms with Crippen molar-refractivity contribution in [1.82, 2.24) is 19.7 Å².